The first kappa shape index (κ1) is 18.9. The summed E-state index contributed by atoms with van der Waals surface area (Å²) in [6.07, 6.45) is 1.82. The number of rotatable bonds is 3. The van der Waals surface area contributed by atoms with E-state index in [4.69, 9.17) is 10.5 Å². The number of aliphatic imine (C=N–C) groups is 1. The minimum absolute atomic E-state index is 0.0863. The number of piperazine rings is 1. The van der Waals surface area contributed by atoms with Gasteiger partial charge >= 0.3 is 6.09 Å². The maximum absolute atomic E-state index is 12.0. The summed E-state index contributed by atoms with van der Waals surface area (Å²) in [7, 11) is 0. The van der Waals surface area contributed by atoms with Gasteiger partial charge in [-0.25, -0.2) is 4.79 Å². The third-order valence-corrected chi connectivity index (χ3v) is 4.66. The van der Waals surface area contributed by atoms with Crippen molar-refractivity contribution in [1.82, 2.24) is 9.80 Å². The van der Waals surface area contributed by atoms with Crippen molar-refractivity contribution >= 4 is 23.8 Å². The number of amides is 1. The molecule has 0 saturated carbocycles. The minimum atomic E-state index is -0.460. The molecule has 1 rings (SSSR count). The van der Waals surface area contributed by atoms with Crippen molar-refractivity contribution in [2.45, 2.75) is 45.0 Å². The highest BCUT2D eigenvalue weighted by atomic mass is 32.2. The highest BCUT2D eigenvalue weighted by molar-refractivity contribution is 7.99. The van der Waals surface area contributed by atoms with Gasteiger partial charge in [-0.3, -0.25) is 4.99 Å². The van der Waals surface area contributed by atoms with E-state index in [0.717, 1.165) is 0 Å². The minimum Gasteiger partial charge on any atom is -0.444 e. The summed E-state index contributed by atoms with van der Waals surface area (Å²) in [4.78, 5) is 20.2. The van der Waals surface area contributed by atoms with Gasteiger partial charge in [-0.15, -0.1) is 0 Å². The topological polar surface area (TPSA) is 71.2 Å². The zero-order valence-electron chi connectivity index (χ0n) is 14.7. The number of hydrogen-bond donors (Lipinski definition) is 1. The average Bonchev–Trinajstić information content (AvgIpc) is 2.43. The summed E-state index contributed by atoms with van der Waals surface area (Å²) < 4.78 is 5.47. The Balaban J connectivity index is 2.48. The second-order valence-corrected chi connectivity index (χ2v) is 8.61. The lowest BCUT2D eigenvalue weighted by atomic mass is 10.2. The van der Waals surface area contributed by atoms with Crippen LogP contribution in [0.15, 0.2) is 4.99 Å². The third-order valence-electron chi connectivity index (χ3n) is 3.43. The van der Waals surface area contributed by atoms with Gasteiger partial charge in [0.25, 0.3) is 0 Å². The second kappa shape index (κ2) is 7.44. The van der Waals surface area contributed by atoms with Crippen molar-refractivity contribution in [2.24, 2.45) is 10.7 Å². The summed E-state index contributed by atoms with van der Waals surface area (Å²) in [6.45, 7) is 13.2. The van der Waals surface area contributed by atoms with E-state index in [2.05, 4.69) is 25.1 Å². The lowest BCUT2D eigenvalue weighted by Crippen LogP contribution is -2.53. The van der Waals surface area contributed by atoms with Crippen LogP contribution in [0, 0.1) is 0 Å². The molecule has 1 heterocycles. The molecule has 0 aromatic rings. The Hall–Kier alpha value is -1.11. The average molecular weight is 330 g/mol. The first-order chi connectivity index (χ1) is 10.0. The van der Waals surface area contributed by atoms with Crippen LogP contribution in [0.25, 0.3) is 0 Å². The maximum Gasteiger partial charge on any atom is 0.410 e. The standard InChI is InChI=1S/C15H30N4O2S/c1-14(2,3)21-13(20)19-9-7-18(8-10-19)12(16)17-11-15(4,5)22-6/h7-11H2,1-6H3,(H2,16,17). The second-order valence-electron chi connectivity index (χ2n) is 7.09. The van der Waals surface area contributed by atoms with Crippen LogP contribution in [0.2, 0.25) is 0 Å². The van der Waals surface area contributed by atoms with E-state index in [1.54, 1.807) is 16.7 Å². The Morgan fingerprint density at radius 3 is 2.09 bits per heavy atom. The van der Waals surface area contributed by atoms with Crippen LogP contribution in [-0.2, 0) is 4.74 Å². The van der Waals surface area contributed by atoms with E-state index >= 15 is 0 Å². The quantitative estimate of drug-likeness (QED) is 0.633. The molecule has 0 aromatic heterocycles. The van der Waals surface area contributed by atoms with Crippen LogP contribution in [0.4, 0.5) is 4.79 Å². The Bertz CT molecular complexity index is 410. The number of guanidine groups is 1. The number of nitrogens with two attached hydrogens (primary N) is 1. The summed E-state index contributed by atoms with van der Waals surface area (Å²) in [5.41, 5.74) is 5.61. The number of thioether (sulfide) groups is 1. The molecule has 0 aromatic carbocycles. The van der Waals surface area contributed by atoms with Crippen LogP contribution in [0.1, 0.15) is 34.6 Å². The summed E-state index contributed by atoms with van der Waals surface area (Å²) >= 11 is 1.77. The predicted molar refractivity (Wildman–Crippen MR) is 93.5 cm³/mol. The molecule has 2 N–H and O–H groups in total. The van der Waals surface area contributed by atoms with E-state index in [1.165, 1.54) is 0 Å². The van der Waals surface area contributed by atoms with Crippen molar-refractivity contribution in [3.05, 3.63) is 0 Å². The zero-order valence-corrected chi connectivity index (χ0v) is 15.5. The SMILES string of the molecule is CSC(C)(C)CN=C(N)N1CCN(C(=O)OC(C)(C)C)CC1. The molecule has 1 aliphatic heterocycles. The van der Waals surface area contributed by atoms with Crippen molar-refractivity contribution in [3.8, 4) is 0 Å². The first-order valence-corrected chi connectivity index (χ1v) is 8.84. The Kier molecular flexibility index (Phi) is 6.40. The highest BCUT2D eigenvalue weighted by Gasteiger charge is 2.26. The van der Waals surface area contributed by atoms with Gasteiger partial charge in [-0.2, -0.15) is 11.8 Å². The van der Waals surface area contributed by atoms with Crippen LogP contribution in [-0.4, -0.2) is 71.2 Å². The molecule has 22 heavy (non-hydrogen) atoms. The fraction of sp³-hybridized carbons (Fsp3) is 0.867. The van der Waals surface area contributed by atoms with Crippen LogP contribution < -0.4 is 5.73 Å². The number of hydrogen-bond acceptors (Lipinski definition) is 4. The van der Waals surface area contributed by atoms with Gasteiger partial charge in [0.05, 0.1) is 6.54 Å². The summed E-state index contributed by atoms with van der Waals surface area (Å²) in [5.74, 6) is 0.561. The molecule has 7 heteroatoms. The molecule has 0 bridgehead atoms. The van der Waals surface area contributed by atoms with Gasteiger partial charge in [0.15, 0.2) is 5.96 Å². The van der Waals surface area contributed by atoms with Gasteiger partial charge in [-0.1, -0.05) is 0 Å². The smallest absolute Gasteiger partial charge is 0.410 e. The molecule has 0 spiro atoms. The summed E-state index contributed by atoms with van der Waals surface area (Å²) in [6, 6.07) is 0. The lowest BCUT2D eigenvalue weighted by Gasteiger charge is -2.36. The van der Waals surface area contributed by atoms with Gasteiger partial charge in [0.1, 0.15) is 5.60 Å². The molecule has 0 radical (unpaired) electrons. The van der Waals surface area contributed by atoms with Crippen molar-refractivity contribution < 1.29 is 9.53 Å². The first-order valence-electron chi connectivity index (χ1n) is 7.62. The van der Waals surface area contributed by atoms with Crippen molar-refractivity contribution in [1.29, 1.82) is 0 Å². The van der Waals surface area contributed by atoms with Crippen LogP contribution in [0.5, 0.6) is 0 Å². The fourth-order valence-corrected chi connectivity index (χ4v) is 2.07. The highest BCUT2D eigenvalue weighted by Crippen LogP contribution is 2.21. The van der Waals surface area contributed by atoms with Gasteiger partial charge in [0.2, 0.25) is 0 Å². The monoisotopic (exact) mass is 330 g/mol. The van der Waals surface area contributed by atoms with Crippen LogP contribution >= 0.6 is 11.8 Å². The third kappa shape index (κ3) is 6.34. The maximum atomic E-state index is 12.0. The molecule has 1 aliphatic rings. The van der Waals surface area contributed by atoms with Gasteiger partial charge < -0.3 is 20.3 Å². The number of carbonyl (C=O) groups is 1. The molecular weight excluding hydrogens is 300 g/mol. The normalized spacial score (nSPS) is 17.6. The van der Waals surface area contributed by atoms with E-state index in [0.29, 0.717) is 38.7 Å². The van der Waals surface area contributed by atoms with E-state index in [9.17, 15) is 4.79 Å². The van der Waals surface area contributed by atoms with E-state index in [-0.39, 0.29) is 10.8 Å². The Morgan fingerprint density at radius 2 is 1.64 bits per heavy atom. The molecule has 0 atom stereocenters. The zero-order chi connectivity index (χ0) is 17.0. The molecule has 0 unspecified atom stereocenters. The lowest BCUT2D eigenvalue weighted by molar-refractivity contribution is 0.0186. The van der Waals surface area contributed by atoms with Crippen molar-refractivity contribution in [3.63, 3.8) is 0 Å². The number of carbonyl (C=O) groups excluding carboxylic acids is 1. The molecule has 1 saturated heterocycles. The van der Waals surface area contributed by atoms with Gasteiger partial charge in [0, 0.05) is 30.9 Å². The largest absolute Gasteiger partial charge is 0.444 e. The Labute approximate surface area is 138 Å². The molecular formula is C15H30N4O2S. The molecule has 1 amide bonds. The predicted octanol–water partition coefficient (Wildman–Crippen LogP) is 2.00. The molecule has 6 nitrogen and oxygen atoms in total. The molecule has 1 fully saturated rings. The van der Waals surface area contributed by atoms with Gasteiger partial charge in [-0.05, 0) is 40.9 Å². The Morgan fingerprint density at radius 1 is 1.14 bits per heavy atom. The van der Waals surface area contributed by atoms with Crippen LogP contribution in [0.3, 0.4) is 0 Å². The van der Waals surface area contributed by atoms with E-state index < -0.39 is 5.60 Å². The fourth-order valence-electron chi connectivity index (χ4n) is 1.88. The summed E-state index contributed by atoms with van der Waals surface area (Å²) in [5, 5.41) is 0. The van der Waals surface area contributed by atoms with Crippen molar-refractivity contribution in [2.75, 3.05) is 39.0 Å². The van der Waals surface area contributed by atoms with E-state index in [1.807, 2.05) is 25.7 Å². The number of nitrogens with zero attached hydrogens (tertiary/aromatic N) is 3. The number of ether oxygens (including phenoxy) is 1. The molecule has 128 valence electrons. The molecule has 0 aliphatic carbocycles.